The van der Waals surface area contributed by atoms with E-state index in [0.717, 1.165) is 30.4 Å². The predicted octanol–water partition coefficient (Wildman–Crippen LogP) is 3.61. The molecule has 1 spiro atoms. The molecule has 27 heavy (non-hydrogen) atoms. The van der Waals surface area contributed by atoms with E-state index in [9.17, 15) is 14.0 Å². The van der Waals surface area contributed by atoms with Crippen LogP contribution >= 0.6 is 11.3 Å². The highest BCUT2D eigenvalue weighted by atomic mass is 32.1. The van der Waals surface area contributed by atoms with Crippen molar-refractivity contribution >= 4 is 23.2 Å². The van der Waals surface area contributed by atoms with Gasteiger partial charge in [0.15, 0.2) is 0 Å². The molecule has 2 aliphatic rings. The summed E-state index contributed by atoms with van der Waals surface area (Å²) in [5.74, 6) is 0.0636. The summed E-state index contributed by atoms with van der Waals surface area (Å²) in [7, 11) is 0. The first-order valence-corrected chi connectivity index (χ1v) is 10.3. The van der Waals surface area contributed by atoms with Gasteiger partial charge in [-0.3, -0.25) is 9.59 Å². The molecule has 0 N–H and O–H groups in total. The third kappa shape index (κ3) is 3.76. The number of nitrogens with zero attached hydrogens (tertiary/aromatic N) is 2. The molecular weight excluding hydrogens is 363 g/mol. The van der Waals surface area contributed by atoms with E-state index in [1.807, 2.05) is 26.6 Å². The van der Waals surface area contributed by atoms with Gasteiger partial charge < -0.3 is 9.80 Å². The molecule has 2 aromatic rings. The number of benzene rings is 1. The van der Waals surface area contributed by atoms with Crippen molar-refractivity contribution in [2.75, 3.05) is 13.1 Å². The minimum absolute atomic E-state index is 0.162. The van der Waals surface area contributed by atoms with Gasteiger partial charge >= 0.3 is 0 Å². The first kappa shape index (κ1) is 18.2. The molecule has 3 heterocycles. The fraction of sp³-hybridized carbons (Fsp3) is 0.429. The first-order chi connectivity index (χ1) is 13.1. The van der Waals surface area contributed by atoms with Crippen LogP contribution in [0.15, 0.2) is 41.1 Å². The molecule has 0 unspecified atom stereocenters. The maximum absolute atomic E-state index is 13.2. The third-order valence-electron chi connectivity index (χ3n) is 5.91. The molecule has 142 valence electrons. The van der Waals surface area contributed by atoms with E-state index in [2.05, 4.69) is 0 Å². The number of hydrogen-bond acceptors (Lipinski definition) is 3. The lowest BCUT2D eigenvalue weighted by Gasteiger charge is -2.45. The predicted molar refractivity (Wildman–Crippen MR) is 103 cm³/mol. The Morgan fingerprint density at radius 2 is 1.81 bits per heavy atom. The number of rotatable bonds is 4. The lowest BCUT2D eigenvalue weighted by molar-refractivity contribution is -0.136. The Morgan fingerprint density at radius 3 is 2.48 bits per heavy atom. The fourth-order valence-corrected chi connectivity index (χ4v) is 4.94. The molecule has 6 heteroatoms. The van der Waals surface area contributed by atoms with Gasteiger partial charge in [0.25, 0.3) is 0 Å². The summed E-state index contributed by atoms with van der Waals surface area (Å²) in [6.07, 6.45) is 3.49. The summed E-state index contributed by atoms with van der Waals surface area (Å²) in [6, 6.07) is 8.36. The first-order valence-electron chi connectivity index (χ1n) is 9.40. The normalized spacial score (nSPS) is 19.1. The number of amides is 2. The zero-order valence-corrected chi connectivity index (χ0v) is 16.0. The van der Waals surface area contributed by atoms with Crippen LogP contribution in [0.5, 0.6) is 0 Å². The van der Waals surface area contributed by atoms with Crippen molar-refractivity contribution < 1.29 is 14.0 Å². The maximum atomic E-state index is 13.2. The van der Waals surface area contributed by atoms with Gasteiger partial charge in [0.05, 0.1) is 6.42 Å². The molecule has 2 fully saturated rings. The Hall–Kier alpha value is -2.21. The summed E-state index contributed by atoms with van der Waals surface area (Å²) >= 11 is 1.61. The summed E-state index contributed by atoms with van der Waals surface area (Å²) in [5.41, 5.74) is 1.85. The van der Waals surface area contributed by atoms with Crippen LogP contribution in [0, 0.1) is 5.82 Å². The average molecular weight is 386 g/mol. The van der Waals surface area contributed by atoms with Gasteiger partial charge in [0, 0.05) is 31.6 Å². The number of thiophene rings is 1. The SMILES string of the molecule is O=C(Cc1ccsc1)N1CCC2(CCC(=O)N2Cc2ccc(F)cc2)CC1. The monoisotopic (exact) mass is 386 g/mol. The minimum atomic E-state index is -0.265. The maximum Gasteiger partial charge on any atom is 0.227 e. The third-order valence-corrected chi connectivity index (χ3v) is 6.65. The average Bonchev–Trinajstić information content (AvgIpc) is 3.28. The van der Waals surface area contributed by atoms with Crippen molar-refractivity contribution in [2.45, 2.75) is 44.2 Å². The molecular formula is C21H23FN2O2S. The second-order valence-electron chi connectivity index (χ2n) is 7.52. The van der Waals surface area contributed by atoms with E-state index in [-0.39, 0.29) is 23.2 Å². The quantitative estimate of drug-likeness (QED) is 0.805. The van der Waals surface area contributed by atoms with Crippen molar-refractivity contribution in [1.29, 1.82) is 0 Å². The summed E-state index contributed by atoms with van der Waals surface area (Å²) in [5, 5.41) is 4.01. The van der Waals surface area contributed by atoms with Crippen LogP contribution in [0.2, 0.25) is 0 Å². The molecule has 0 bridgehead atoms. The van der Waals surface area contributed by atoms with Crippen LogP contribution in [-0.4, -0.2) is 40.2 Å². The zero-order valence-electron chi connectivity index (χ0n) is 15.2. The molecule has 2 saturated heterocycles. The number of halogens is 1. The number of carbonyl (C=O) groups excluding carboxylic acids is 2. The molecule has 0 saturated carbocycles. The highest BCUT2D eigenvalue weighted by molar-refractivity contribution is 7.08. The highest BCUT2D eigenvalue weighted by Gasteiger charge is 2.47. The molecule has 1 aromatic carbocycles. The van der Waals surface area contributed by atoms with Crippen molar-refractivity contribution in [2.24, 2.45) is 0 Å². The van der Waals surface area contributed by atoms with E-state index in [4.69, 9.17) is 0 Å². The Bertz CT molecular complexity index is 811. The van der Waals surface area contributed by atoms with Gasteiger partial charge in [0.1, 0.15) is 5.82 Å². The van der Waals surface area contributed by atoms with Crippen molar-refractivity contribution in [3.05, 3.63) is 58.0 Å². The molecule has 0 radical (unpaired) electrons. The second kappa shape index (κ2) is 7.43. The van der Waals surface area contributed by atoms with E-state index >= 15 is 0 Å². The van der Waals surface area contributed by atoms with Crippen molar-refractivity contribution in [3.8, 4) is 0 Å². The molecule has 2 aliphatic heterocycles. The Kier molecular flexibility index (Phi) is 5.00. The van der Waals surface area contributed by atoms with Gasteiger partial charge in [-0.25, -0.2) is 4.39 Å². The highest BCUT2D eigenvalue weighted by Crippen LogP contribution is 2.40. The zero-order chi connectivity index (χ0) is 18.9. The van der Waals surface area contributed by atoms with E-state index in [1.54, 1.807) is 23.5 Å². The number of hydrogen-bond donors (Lipinski definition) is 0. The van der Waals surface area contributed by atoms with Gasteiger partial charge in [-0.05, 0) is 59.3 Å². The number of likely N-dealkylation sites (tertiary alicyclic amines) is 2. The Morgan fingerprint density at radius 1 is 1.07 bits per heavy atom. The minimum Gasteiger partial charge on any atom is -0.342 e. The van der Waals surface area contributed by atoms with Gasteiger partial charge in [-0.1, -0.05) is 12.1 Å². The summed E-state index contributed by atoms with van der Waals surface area (Å²) in [4.78, 5) is 29.0. The topological polar surface area (TPSA) is 40.6 Å². The molecule has 0 aliphatic carbocycles. The van der Waals surface area contributed by atoms with Crippen LogP contribution in [0.1, 0.15) is 36.8 Å². The van der Waals surface area contributed by atoms with Gasteiger partial charge in [-0.2, -0.15) is 11.3 Å². The lowest BCUT2D eigenvalue weighted by atomic mass is 9.84. The van der Waals surface area contributed by atoms with Crippen LogP contribution in [0.25, 0.3) is 0 Å². The lowest BCUT2D eigenvalue weighted by Crippen LogP contribution is -2.54. The standard InChI is InChI=1S/C21H23FN2O2S/c22-18-3-1-16(2-4-18)14-24-19(25)5-7-21(24)8-10-23(11-9-21)20(26)13-17-6-12-27-15-17/h1-4,6,12,15H,5,7-11,13-14H2. The molecule has 2 amide bonds. The number of piperidine rings is 1. The Labute approximate surface area is 162 Å². The van der Waals surface area contributed by atoms with Crippen LogP contribution < -0.4 is 0 Å². The number of carbonyl (C=O) groups is 2. The van der Waals surface area contributed by atoms with Crippen molar-refractivity contribution in [3.63, 3.8) is 0 Å². The van der Waals surface area contributed by atoms with E-state index < -0.39 is 0 Å². The summed E-state index contributed by atoms with van der Waals surface area (Å²) in [6.45, 7) is 1.90. The second-order valence-corrected chi connectivity index (χ2v) is 8.30. The fourth-order valence-electron chi connectivity index (χ4n) is 4.27. The van der Waals surface area contributed by atoms with Crippen molar-refractivity contribution in [1.82, 2.24) is 9.80 Å². The van der Waals surface area contributed by atoms with Crippen LogP contribution in [0.4, 0.5) is 4.39 Å². The van der Waals surface area contributed by atoms with Gasteiger partial charge in [-0.15, -0.1) is 0 Å². The Balaban J connectivity index is 1.41. The largest absolute Gasteiger partial charge is 0.342 e. The smallest absolute Gasteiger partial charge is 0.227 e. The van der Waals surface area contributed by atoms with Crippen LogP contribution in [-0.2, 0) is 22.6 Å². The van der Waals surface area contributed by atoms with Gasteiger partial charge in [0.2, 0.25) is 11.8 Å². The molecule has 1 aromatic heterocycles. The summed E-state index contributed by atoms with van der Waals surface area (Å²) < 4.78 is 13.2. The molecule has 0 atom stereocenters. The van der Waals surface area contributed by atoms with Crippen LogP contribution in [0.3, 0.4) is 0 Å². The van der Waals surface area contributed by atoms with E-state index in [0.29, 0.717) is 32.5 Å². The molecule has 4 rings (SSSR count). The molecule has 4 nitrogen and oxygen atoms in total. The van der Waals surface area contributed by atoms with E-state index in [1.165, 1.54) is 12.1 Å².